The first-order valence-corrected chi connectivity index (χ1v) is 14.1. The summed E-state index contributed by atoms with van der Waals surface area (Å²) in [6.07, 6.45) is 3.18. The van der Waals surface area contributed by atoms with E-state index in [4.69, 9.17) is 23.8 Å². The summed E-state index contributed by atoms with van der Waals surface area (Å²) in [5, 5.41) is 6.42. The smallest absolute Gasteiger partial charge is 0.235 e. The second kappa shape index (κ2) is 9.06. The number of rotatable bonds is 5. The topological polar surface area (TPSA) is 108 Å². The third kappa shape index (κ3) is 4.54. The van der Waals surface area contributed by atoms with Crippen molar-refractivity contribution < 1.29 is 13.4 Å². The van der Waals surface area contributed by atoms with E-state index in [-0.39, 0.29) is 5.25 Å². The van der Waals surface area contributed by atoms with Gasteiger partial charge in [0.2, 0.25) is 27.8 Å². The predicted octanol–water partition coefficient (Wildman–Crippen LogP) is 3.61. The molecular formula is C24H25ClN7O2S2+. The van der Waals surface area contributed by atoms with Gasteiger partial charge in [-0.2, -0.15) is 0 Å². The van der Waals surface area contributed by atoms with Crippen LogP contribution in [0.5, 0.6) is 0 Å². The lowest BCUT2D eigenvalue weighted by molar-refractivity contribution is -0.367. The van der Waals surface area contributed by atoms with E-state index in [1.54, 1.807) is 18.5 Å². The van der Waals surface area contributed by atoms with Crippen molar-refractivity contribution in [2.75, 3.05) is 41.1 Å². The van der Waals surface area contributed by atoms with E-state index in [1.165, 1.54) is 0 Å². The van der Waals surface area contributed by atoms with E-state index in [2.05, 4.69) is 34.8 Å². The lowest BCUT2D eigenvalue weighted by atomic mass is 10.2. The van der Waals surface area contributed by atoms with Crippen LogP contribution in [0, 0.1) is 0 Å². The second-order valence-electron chi connectivity index (χ2n) is 9.12. The summed E-state index contributed by atoms with van der Waals surface area (Å²) in [5.41, 5.74) is 3.20. The summed E-state index contributed by atoms with van der Waals surface area (Å²) in [6.45, 7) is 3.08. The quantitative estimate of drug-likeness (QED) is 0.331. The summed E-state index contributed by atoms with van der Waals surface area (Å²) in [6, 6.07) is 13.0. The molecule has 0 spiro atoms. The number of aromatic amines is 2. The summed E-state index contributed by atoms with van der Waals surface area (Å²) < 4.78 is 26.9. The fourth-order valence-electron chi connectivity index (χ4n) is 4.55. The number of hydrogen-bond donors (Lipinski definition) is 3. The molecule has 1 saturated carbocycles. The largest absolute Gasteiger partial charge is 0.343 e. The molecule has 1 saturated heterocycles. The molecule has 0 bridgehead atoms. The van der Waals surface area contributed by atoms with Gasteiger partial charge >= 0.3 is 0 Å². The van der Waals surface area contributed by atoms with Gasteiger partial charge < -0.3 is 15.2 Å². The molecule has 9 nitrogen and oxygen atoms in total. The number of nitrogens with zero attached hydrogens (tertiary/aromatic N) is 3. The first-order valence-electron chi connectivity index (χ1n) is 11.8. The monoisotopic (exact) mass is 542 g/mol. The number of piperazine rings is 1. The number of thiocarbonyl (C=S) groups is 1. The number of aromatic nitrogens is 3. The normalized spacial score (nSPS) is 16.5. The molecule has 6 rings (SSSR count). The Hall–Kier alpha value is -3.15. The molecular weight excluding hydrogens is 518 g/mol. The Bertz CT molecular complexity index is 1560. The lowest BCUT2D eigenvalue weighted by Crippen LogP contribution is -2.51. The van der Waals surface area contributed by atoms with Gasteiger partial charge in [0.05, 0.1) is 31.4 Å². The molecule has 186 valence electrons. The Labute approximate surface area is 218 Å². The van der Waals surface area contributed by atoms with Gasteiger partial charge in [0.15, 0.2) is 5.11 Å². The highest BCUT2D eigenvalue weighted by atomic mass is 35.5. The zero-order valence-corrected chi connectivity index (χ0v) is 21.7. The number of hydrogen-bond acceptors (Lipinski definition) is 5. The fourth-order valence-corrected chi connectivity index (χ4v) is 6.41. The van der Waals surface area contributed by atoms with Crippen LogP contribution in [-0.2, 0) is 10.0 Å². The van der Waals surface area contributed by atoms with Crippen molar-refractivity contribution >= 4 is 78.1 Å². The molecule has 0 atom stereocenters. The van der Waals surface area contributed by atoms with Gasteiger partial charge in [-0.05, 0) is 67.5 Å². The van der Waals surface area contributed by atoms with Crippen LogP contribution in [0.1, 0.15) is 12.8 Å². The van der Waals surface area contributed by atoms with Crippen molar-refractivity contribution in [3.63, 3.8) is 0 Å². The molecule has 36 heavy (non-hydrogen) atoms. The number of H-pyrrole nitrogens is 2. The highest BCUT2D eigenvalue weighted by Gasteiger charge is 2.35. The maximum Gasteiger partial charge on any atom is 0.235 e. The number of anilines is 3. The summed E-state index contributed by atoms with van der Waals surface area (Å²) >= 11 is 11.9. The maximum atomic E-state index is 12.1. The number of fused-ring (bicyclic) bond motifs is 3. The van der Waals surface area contributed by atoms with Gasteiger partial charge in [-0.15, -0.1) is 0 Å². The molecule has 4 aromatic rings. The van der Waals surface area contributed by atoms with Gasteiger partial charge in [-0.25, -0.2) is 13.4 Å². The SMILES string of the molecule is O=S(=O)(Nc1ccc(NC(=S)N2CCN(c3[nH+]cnc4[nH]c5ccc(Cl)cc5c34)CC2)cc1)C1CC1. The van der Waals surface area contributed by atoms with Crippen LogP contribution in [0.4, 0.5) is 17.2 Å². The van der Waals surface area contributed by atoms with Crippen LogP contribution in [0.3, 0.4) is 0 Å². The molecule has 0 radical (unpaired) electrons. The molecule has 2 aliphatic rings. The molecule has 3 heterocycles. The molecule has 0 amide bonds. The molecule has 2 aromatic carbocycles. The van der Waals surface area contributed by atoms with Gasteiger partial charge in [-0.3, -0.25) is 9.62 Å². The van der Waals surface area contributed by atoms with E-state index in [9.17, 15) is 8.42 Å². The van der Waals surface area contributed by atoms with Crippen LogP contribution >= 0.6 is 23.8 Å². The summed E-state index contributed by atoms with van der Waals surface area (Å²) in [5.74, 6) is 1.01. The number of halogens is 1. The lowest BCUT2D eigenvalue weighted by Gasteiger charge is -2.34. The minimum absolute atomic E-state index is 0.254. The standard InChI is InChI=1S/C24H24ClN7O2S2/c25-15-1-8-20-19(13-15)21-22(29-20)26-14-27-23(21)31-9-11-32(12-10-31)24(35)28-16-2-4-17(5-3-16)30-36(33,34)18-6-7-18/h1-5,8,13-14,18,30H,6-7,9-12H2,(H,28,35)(H,26,27,29)/p+1. The van der Waals surface area contributed by atoms with Crippen LogP contribution in [0.25, 0.3) is 21.9 Å². The van der Waals surface area contributed by atoms with Crippen molar-refractivity contribution in [2.24, 2.45) is 0 Å². The fraction of sp³-hybridized carbons (Fsp3) is 0.292. The van der Waals surface area contributed by atoms with Crippen LogP contribution in [0.2, 0.25) is 5.02 Å². The van der Waals surface area contributed by atoms with Crippen molar-refractivity contribution in [2.45, 2.75) is 18.1 Å². The summed E-state index contributed by atoms with van der Waals surface area (Å²) in [4.78, 5) is 15.6. The molecule has 2 fully saturated rings. The second-order valence-corrected chi connectivity index (χ2v) is 11.9. The molecule has 2 aromatic heterocycles. The van der Waals surface area contributed by atoms with E-state index >= 15 is 0 Å². The predicted molar refractivity (Wildman–Crippen MR) is 147 cm³/mol. The summed E-state index contributed by atoms with van der Waals surface area (Å²) in [7, 11) is -3.27. The Morgan fingerprint density at radius 2 is 1.81 bits per heavy atom. The first-order chi connectivity index (χ1) is 17.4. The number of nitrogens with one attached hydrogen (secondary N) is 4. The zero-order valence-electron chi connectivity index (χ0n) is 19.3. The van der Waals surface area contributed by atoms with Crippen LogP contribution in [0.15, 0.2) is 48.8 Å². The van der Waals surface area contributed by atoms with Crippen LogP contribution in [-0.4, -0.2) is 59.8 Å². The molecule has 1 aliphatic heterocycles. The third-order valence-electron chi connectivity index (χ3n) is 6.62. The van der Waals surface area contributed by atoms with Gasteiger partial charge in [0.25, 0.3) is 0 Å². The van der Waals surface area contributed by atoms with Crippen molar-refractivity contribution in [3.05, 3.63) is 53.8 Å². The Morgan fingerprint density at radius 3 is 2.53 bits per heavy atom. The molecule has 0 unspecified atom stereocenters. The Morgan fingerprint density at radius 1 is 1.08 bits per heavy atom. The van der Waals surface area contributed by atoms with E-state index in [0.717, 1.165) is 72.5 Å². The highest BCUT2D eigenvalue weighted by molar-refractivity contribution is 7.93. The minimum atomic E-state index is -3.27. The van der Waals surface area contributed by atoms with E-state index < -0.39 is 10.0 Å². The van der Waals surface area contributed by atoms with Crippen molar-refractivity contribution in [3.8, 4) is 0 Å². The first kappa shape index (κ1) is 23.3. The van der Waals surface area contributed by atoms with Gasteiger partial charge in [0.1, 0.15) is 5.39 Å². The average Bonchev–Trinajstić information content (AvgIpc) is 3.67. The van der Waals surface area contributed by atoms with Gasteiger partial charge in [0, 0.05) is 27.3 Å². The van der Waals surface area contributed by atoms with Crippen molar-refractivity contribution in [1.82, 2.24) is 14.9 Å². The maximum absolute atomic E-state index is 12.1. The molecule has 12 heteroatoms. The minimum Gasteiger partial charge on any atom is -0.343 e. The van der Waals surface area contributed by atoms with Gasteiger partial charge in [-0.1, -0.05) is 16.6 Å². The highest BCUT2D eigenvalue weighted by Crippen LogP contribution is 2.32. The third-order valence-corrected chi connectivity index (χ3v) is 9.08. The Balaban J connectivity index is 1.11. The molecule has 1 aliphatic carbocycles. The zero-order chi connectivity index (χ0) is 24.9. The molecule has 4 N–H and O–H groups in total. The number of benzene rings is 2. The van der Waals surface area contributed by atoms with E-state index in [0.29, 0.717) is 15.8 Å². The number of sulfonamides is 1. The average molecular weight is 543 g/mol. The Kier molecular flexibility index (Phi) is 5.85. The van der Waals surface area contributed by atoms with E-state index in [1.807, 2.05) is 30.3 Å². The van der Waals surface area contributed by atoms with Crippen LogP contribution < -0.4 is 19.9 Å². The van der Waals surface area contributed by atoms with Crippen molar-refractivity contribution in [1.29, 1.82) is 0 Å².